The molecule has 20 heavy (non-hydrogen) atoms. The van der Waals surface area contributed by atoms with E-state index in [2.05, 4.69) is 4.98 Å². The van der Waals surface area contributed by atoms with Gasteiger partial charge in [0.1, 0.15) is 5.75 Å². The number of nitrogens with zero attached hydrogens (tertiary/aromatic N) is 1. The lowest BCUT2D eigenvalue weighted by molar-refractivity contribution is 0.00578. The van der Waals surface area contributed by atoms with E-state index in [0.717, 1.165) is 0 Å². The molecule has 0 aliphatic carbocycles. The zero-order chi connectivity index (χ0) is 15.0. The van der Waals surface area contributed by atoms with Crippen LogP contribution in [0.2, 0.25) is 0 Å². The Morgan fingerprint density at radius 2 is 1.85 bits per heavy atom. The van der Waals surface area contributed by atoms with E-state index in [0.29, 0.717) is 11.0 Å². The van der Waals surface area contributed by atoms with Gasteiger partial charge in [0.25, 0.3) is 0 Å². The van der Waals surface area contributed by atoms with E-state index in [1.54, 1.807) is 18.3 Å². The van der Waals surface area contributed by atoms with Gasteiger partial charge in [0.05, 0.1) is 24.0 Å². The van der Waals surface area contributed by atoms with Crippen LogP contribution in [0.5, 0.6) is 5.75 Å². The standard InChI is InChI=1S/C14H20BNO4/c1-13(2)14(3,4)20-15(19-13)11(9-17)5-10-6-12(18)8-16-7-10/h5-8,17-18H,9H2,1-4H3. The van der Waals surface area contributed by atoms with E-state index in [4.69, 9.17) is 9.31 Å². The van der Waals surface area contributed by atoms with Crippen LogP contribution in [0.3, 0.4) is 0 Å². The Hall–Kier alpha value is -1.37. The lowest BCUT2D eigenvalue weighted by atomic mass is 9.77. The highest BCUT2D eigenvalue weighted by atomic mass is 16.7. The highest BCUT2D eigenvalue weighted by Gasteiger charge is 2.52. The maximum atomic E-state index is 9.55. The average molecular weight is 277 g/mol. The van der Waals surface area contributed by atoms with Crippen LogP contribution in [0.1, 0.15) is 33.3 Å². The number of hydrogen-bond acceptors (Lipinski definition) is 5. The van der Waals surface area contributed by atoms with Crippen molar-refractivity contribution in [1.82, 2.24) is 4.98 Å². The van der Waals surface area contributed by atoms with Gasteiger partial charge < -0.3 is 19.5 Å². The Morgan fingerprint density at radius 3 is 2.35 bits per heavy atom. The average Bonchev–Trinajstić information content (AvgIpc) is 2.55. The van der Waals surface area contributed by atoms with Gasteiger partial charge in [-0.05, 0) is 44.8 Å². The fourth-order valence-electron chi connectivity index (χ4n) is 1.92. The summed E-state index contributed by atoms with van der Waals surface area (Å²) in [6.07, 6.45) is 4.67. The molecule has 0 bridgehead atoms. The van der Waals surface area contributed by atoms with Gasteiger partial charge in [-0.3, -0.25) is 4.98 Å². The van der Waals surface area contributed by atoms with Crippen LogP contribution in [-0.2, 0) is 9.31 Å². The Balaban J connectivity index is 2.26. The van der Waals surface area contributed by atoms with Gasteiger partial charge >= 0.3 is 7.12 Å². The maximum Gasteiger partial charge on any atom is 0.492 e. The van der Waals surface area contributed by atoms with Crippen molar-refractivity contribution < 1.29 is 19.5 Å². The minimum atomic E-state index is -0.604. The highest BCUT2D eigenvalue weighted by molar-refractivity contribution is 6.55. The van der Waals surface area contributed by atoms with E-state index in [1.165, 1.54) is 6.20 Å². The van der Waals surface area contributed by atoms with E-state index >= 15 is 0 Å². The number of rotatable bonds is 3. The first-order chi connectivity index (χ1) is 9.25. The normalized spacial score (nSPS) is 21.2. The second-order valence-electron chi connectivity index (χ2n) is 5.94. The molecule has 1 aromatic rings. The van der Waals surface area contributed by atoms with E-state index < -0.39 is 18.3 Å². The van der Waals surface area contributed by atoms with Crippen molar-refractivity contribution in [3.63, 3.8) is 0 Å². The summed E-state index contributed by atoms with van der Waals surface area (Å²) >= 11 is 0. The van der Waals surface area contributed by atoms with Crippen molar-refractivity contribution in [3.8, 4) is 5.75 Å². The van der Waals surface area contributed by atoms with Crippen molar-refractivity contribution in [1.29, 1.82) is 0 Å². The van der Waals surface area contributed by atoms with Gasteiger partial charge in [0, 0.05) is 6.20 Å². The van der Waals surface area contributed by atoms with Crippen LogP contribution >= 0.6 is 0 Å². The number of aliphatic hydroxyl groups is 1. The maximum absolute atomic E-state index is 9.55. The van der Waals surface area contributed by atoms with Gasteiger partial charge in [0.15, 0.2) is 0 Å². The summed E-state index contributed by atoms with van der Waals surface area (Å²) in [6, 6.07) is 1.56. The van der Waals surface area contributed by atoms with Gasteiger partial charge in [0.2, 0.25) is 0 Å². The zero-order valence-corrected chi connectivity index (χ0v) is 12.3. The summed E-state index contributed by atoms with van der Waals surface area (Å²) in [6.45, 7) is 7.64. The molecule has 0 spiro atoms. The van der Waals surface area contributed by atoms with Gasteiger partial charge in [-0.25, -0.2) is 0 Å². The second-order valence-corrected chi connectivity index (χ2v) is 5.94. The molecule has 2 heterocycles. The Bertz CT molecular complexity index is 512. The summed E-state index contributed by atoms with van der Waals surface area (Å²) < 4.78 is 11.8. The number of hydrogen-bond donors (Lipinski definition) is 2. The summed E-state index contributed by atoms with van der Waals surface area (Å²) in [4.78, 5) is 3.90. The van der Waals surface area contributed by atoms with Gasteiger partial charge in [-0.2, -0.15) is 0 Å². The van der Waals surface area contributed by atoms with Crippen LogP contribution in [-0.4, -0.2) is 40.1 Å². The fraction of sp³-hybridized carbons (Fsp3) is 0.500. The molecule has 0 atom stereocenters. The van der Waals surface area contributed by atoms with E-state index in [9.17, 15) is 10.2 Å². The zero-order valence-electron chi connectivity index (χ0n) is 12.3. The van der Waals surface area contributed by atoms with Gasteiger partial charge in [-0.1, -0.05) is 6.08 Å². The van der Waals surface area contributed by atoms with Crippen molar-refractivity contribution in [2.45, 2.75) is 38.9 Å². The molecule has 1 aromatic heterocycles. The van der Waals surface area contributed by atoms with E-state index in [-0.39, 0.29) is 12.4 Å². The first-order valence-electron chi connectivity index (χ1n) is 6.56. The molecule has 0 amide bonds. The SMILES string of the molecule is CC1(C)OB(C(=Cc2cncc(O)c2)CO)OC1(C)C. The molecule has 2 N–H and O–H groups in total. The fourth-order valence-corrected chi connectivity index (χ4v) is 1.92. The first-order valence-corrected chi connectivity index (χ1v) is 6.56. The third-order valence-electron chi connectivity index (χ3n) is 3.84. The van der Waals surface area contributed by atoms with Crippen LogP contribution in [0, 0.1) is 0 Å². The Kier molecular flexibility index (Phi) is 3.91. The number of aliphatic hydroxyl groups excluding tert-OH is 1. The lowest BCUT2D eigenvalue weighted by Gasteiger charge is -2.32. The number of aromatic nitrogens is 1. The van der Waals surface area contributed by atoms with Crippen LogP contribution in [0.4, 0.5) is 0 Å². The first kappa shape index (κ1) is 15.0. The predicted octanol–water partition coefficient (Wildman–Crippen LogP) is 1.79. The summed E-state index contributed by atoms with van der Waals surface area (Å²) in [5, 5.41) is 19.0. The molecule has 2 rings (SSSR count). The minimum Gasteiger partial charge on any atom is -0.506 e. The molecule has 1 fully saturated rings. The monoisotopic (exact) mass is 277 g/mol. The summed E-state index contributed by atoms with van der Waals surface area (Å²) in [7, 11) is -0.604. The molecule has 1 aliphatic rings. The molecule has 5 nitrogen and oxygen atoms in total. The molecule has 6 heteroatoms. The van der Waals surface area contributed by atoms with Gasteiger partial charge in [-0.15, -0.1) is 0 Å². The molecule has 0 radical (unpaired) electrons. The molecule has 1 saturated heterocycles. The molecule has 1 aliphatic heterocycles. The van der Waals surface area contributed by atoms with Crippen molar-refractivity contribution in [2.24, 2.45) is 0 Å². The molecular formula is C14H20BNO4. The predicted molar refractivity (Wildman–Crippen MR) is 77.0 cm³/mol. The largest absolute Gasteiger partial charge is 0.506 e. The lowest BCUT2D eigenvalue weighted by Crippen LogP contribution is -2.41. The van der Waals surface area contributed by atoms with Crippen molar-refractivity contribution in [2.75, 3.05) is 6.61 Å². The smallest absolute Gasteiger partial charge is 0.492 e. The minimum absolute atomic E-state index is 0.0740. The number of pyridine rings is 1. The van der Waals surface area contributed by atoms with Crippen LogP contribution < -0.4 is 0 Å². The summed E-state index contributed by atoms with van der Waals surface area (Å²) in [5.74, 6) is 0.0740. The molecule has 108 valence electrons. The quantitative estimate of drug-likeness (QED) is 0.824. The van der Waals surface area contributed by atoms with Crippen molar-refractivity contribution >= 4 is 13.2 Å². The Morgan fingerprint density at radius 1 is 1.25 bits per heavy atom. The molecule has 0 saturated carbocycles. The highest BCUT2D eigenvalue weighted by Crippen LogP contribution is 2.38. The number of aromatic hydroxyl groups is 1. The van der Waals surface area contributed by atoms with Crippen molar-refractivity contribution in [3.05, 3.63) is 29.5 Å². The van der Waals surface area contributed by atoms with E-state index in [1.807, 2.05) is 27.7 Å². The third kappa shape index (κ3) is 2.87. The molecule has 0 unspecified atom stereocenters. The van der Waals surface area contributed by atoms with Crippen LogP contribution in [0.15, 0.2) is 23.9 Å². The van der Waals surface area contributed by atoms with Crippen LogP contribution in [0.25, 0.3) is 6.08 Å². The summed E-state index contributed by atoms with van der Waals surface area (Å²) in [5.41, 5.74) is 0.367. The third-order valence-corrected chi connectivity index (χ3v) is 3.84. The molecular weight excluding hydrogens is 257 g/mol. The second kappa shape index (κ2) is 5.20. The molecule has 0 aromatic carbocycles. The Labute approximate surface area is 119 Å². The topological polar surface area (TPSA) is 71.8 Å².